The highest BCUT2D eigenvalue weighted by Gasteiger charge is 2.29. The molecule has 0 spiro atoms. The Morgan fingerprint density at radius 3 is 2.53 bits per heavy atom. The average Bonchev–Trinajstić information content (AvgIpc) is 2.28. The first-order chi connectivity index (χ1) is 7.97. The largest absolute Gasteiger partial charge is 0.497 e. The molecule has 1 aromatic carbocycles. The third-order valence-electron chi connectivity index (χ3n) is 2.87. The molecule has 0 amide bonds. The fourth-order valence-corrected chi connectivity index (χ4v) is 1.91. The number of nitrogens with two attached hydrogens (primary N) is 1. The smallest absolute Gasteiger partial charge is 0.308 e. The van der Waals surface area contributed by atoms with E-state index in [9.17, 15) is 9.90 Å². The number of hydrogen-bond donors (Lipinski definition) is 2. The van der Waals surface area contributed by atoms with E-state index in [1.54, 1.807) is 19.2 Å². The Balaban J connectivity index is 3.00. The number of carbonyl (C=O) groups is 1. The summed E-state index contributed by atoms with van der Waals surface area (Å²) in [7, 11) is 1.57. The molecule has 17 heavy (non-hydrogen) atoms. The van der Waals surface area contributed by atoms with Crippen LogP contribution in [0, 0.1) is 11.8 Å². The normalized spacial score (nSPS) is 14.4. The summed E-state index contributed by atoms with van der Waals surface area (Å²) in [5.41, 5.74) is 6.81. The van der Waals surface area contributed by atoms with Crippen molar-refractivity contribution >= 4 is 5.97 Å². The van der Waals surface area contributed by atoms with Crippen LogP contribution < -0.4 is 10.5 Å². The average molecular weight is 237 g/mol. The van der Waals surface area contributed by atoms with Gasteiger partial charge in [0.15, 0.2) is 0 Å². The van der Waals surface area contributed by atoms with Gasteiger partial charge in [-0.25, -0.2) is 0 Å². The van der Waals surface area contributed by atoms with E-state index in [1.165, 1.54) is 0 Å². The molecule has 94 valence electrons. The van der Waals surface area contributed by atoms with E-state index >= 15 is 0 Å². The van der Waals surface area contributed by atoms with E-state index in [0.717, 1.165) is 5.56 Å². The third-order valence-corrected chi connectivity index (χ3v) is 2.87. The predicted octanol–water partition coefficient (Wildman–Crippen LogP) is 2.05. The summed E-state index contributed by atoms with van der Waals surface area (Å²) in [6.07, 6.45) is 0. The fourth-order valence-electron chi connectivity index (χ4n) is 1.91. The van der Waals surface area contributed by atoms with Crippen LogP contribution in [0.4, 0.5) is 0 Å². The molecular weight excluding hydrogens is 218 g/mol. The predicted molar refractivity (Wildman–Crippen MR) is 65.9 cm³/mol. The molecule has 2 atom stereocenters. The number of carboxylic acid groups (broad SMARTS) is 1. The highest BCUT2D eigenvalue weighted by atomic mass is 16.5. The molecule has 0 aliphatic rings. The van der Waals surface area contributed by atoms with E-state index in [4.69, 9.17) is 10.5 Å². The van der Waals surface area contributed by atoms with Crippen LogP contribution in [0.15, 0.2) is 24.3 Å². The molecular formula is C13H19NO3. The summed E-state index contributed by atoms with van der Waals surface area (Å²) in [5, 5.41) is 9.19. The molecule has 0 aliphatic carbocycles. The Bertz CT molecular complexity index is 390. The van der Waals surface area contributed by atoms with Crippen LogP contribution in [0.3, 0.4) is 0 Å². The van der Waals surface area contributed by atoms with Gasteiger partial charge in [-0.3, -0.25) is 4.79 Å². The quantitative estimate of drug-likeness (QED) is 0.822. The summed E-state index contributed by atoms with van der Waals surface area (Å²) in [4.78, 5) is 11.2. The first-order valence-corrected chi connectivity index (χ1v) is 5.59. The van der Waals surface area contributed by atoms with Crippen LogP contribution in [-0.4, -0.2) is 18.2 Å². The maximum absolute atomic E-state index is 11.2. The van der Waals surface area contributed by atoms with Crippen LogP contribution in [0.2, 0.25) is 0 Å². The summed E-state index contributed by atoms with van der Waals surface area (Å²) >= 11 is 0. The van der Waals surface area contributed by atoms with Crippen LogP contribution in [-0.2, 0) is 4.79 Å². The molecule has 0 bridgehead atoms. The van der Waals surface area contributed by atoms with Crippen LogP contribution in [0.1, 0.15) is 25.5 Å². The van der Waals surface area contributed by atoms with E-state index in [-0.39, 0.29) is 5.92 Å². The standard InChI is InChI=1S/C13H19NO3/c1-8(2)11(13(15)16)12(14)9-5-4-6-10(7-9)17-3/h4-8,11-12H,14H2,1-3H3,(H,15,16). The first-order valence-electron chi connectivity index (χ1n) is 5.59. The second kappa shape index (κ2) is 5.68. The number of ether oxygens (including phenoxy) is 1. The number of aliphatic carboxylic acids is 1. The summed E-state index contributed by atoms with van der Waals surface area (Å²) < 4.78 is 5.10. The summed E-state index contributed by atoms with van der Waals surface area (Å²) in [5.74, 6) is -0.794. The monoisotopic (exact) mass is 237 g/mol. The number of methoxy groups -OCH3 is 1. The maximum atomic E-state index is 11.2. The molecule has 0 aromatic heterocycles. The van der Waals surface area contributed by atoms with Crippen LogP contribution in [0.5, 0.6) is 5.75 Å². The van der Waals surface area contributed by atoms with E-state index < -0.39 is 17.9 Å². The molecule has 4 heteroatoms. The van der Waals surface area contributed by atoms with E-state index in [0.29, 0.717) is 5.75 Å². The van der Waals surface area contributed by atoms with Gasteiger partial charge in [0.25, 0.3) is 0 Å². The zero-order valence-electron chi connectivity index (χ0n) is 10.4. The summed E-state index contributed by atoms with van der Waals surface area (Å²) in [6.45, 7) is 3.72. The van der Waals surface area contributed by atoms with Gasteiger partial charge in [-0.1, -0.05) is 26.0 Å². The lowest BCUT2D eigenvalue weighted by molar-refractivity contribution is -0.144. The van der Waals surface area contributed by atoms with Gasteiger partial charge in [0.05, 0.1) is 13.0 Å². The van der Waals surface area contributed by atoms with Crippen molar-refractivity contribution in [3.8, 4) is 5.75 Å². The van der Waals surface area contributed by atoms with Crippen molar-refractivity contribution in [3.63, 3.8) is 0 Å². The molecule has 1 rings (SSSR count). The zero-order valence-corrected chi connectivity index (χ0v) is 10.4. The van der Waals surface area contributed by atoms with Gasteiger partial charge < -0.3 is 15.6 Å². The molecule has 4 nitrogen and oxygen atoms in total. The van der Waals surface area contributed by atoms with E-state index in [1.807, 2.05) is 26.0 Å². The molecule has 0 saturated carbocycles. The van der Waals surface area contributed by atoms with Crippen LogP contribution in [0.25, 0.3) is 0 Å². The van der Waals surface area contributed by atoms with E-state index in [2.05, 4.69) is 0 Å². The Kier molecular flexibility index (Phi) is 4.52. The number of benzene rings is 1. The topological polar surface area (TPSA) is 72.5 Å². The lowest BCUT2D eigenvalue weighted by atomic mass is 9.85. The molecule has 0 aliphatic heterocycles. The van der Waals surface area contributed by atoms with Crippen molar-refractivity contribution in [2.75, 3.05) is 7.11 Å². The molecule has 0 radical (unpaired) electrons. The number of rotatable bonds is 5. The summed E-state index contributed by atoms with van der Waals surface area (Å²) in [6, 6.07) is 6.70. The Hall–Kier alpha value is -1.55. The molecule has 0 fully saturated rings. The SMILES string of the molecule is COc1cccc(C(N)C(C(=O)O)C(C)C)c1. The highest BCUT2D eigenvalue weighted by molar-refractivity contribution is 5.71. The van der Waals surface area contributed by atoms with Crippen molar-refractivity contribution in [1.82, 2.24) is 0 Å². The van der Waals surface area contributed by atoms with Crippen molar-refractivity contribution in [3.05, 3.63) is 29.8 Å². The minimum absolute atomic E-state index is 0.0197. The Morgan fingerprint density at radius 2 is 2.06 bits per heavy atom. The van der Waals surface area contributed by atoms with Gasteiger partial charge in [0.1, 0.15) is 5.75 Å². The second-order valence-electron chi connectivity index (χ2n) is 4.41. The minimum Gasteiger partial charge on any atom is -0.497 e. The fraction of sp³-hybridized carbons (Fsp3) is 0.462. The molecule has 2 unspecified atom stereocenters. The first kappa shape index (κ1) is 13.5. The third kappa shape index (κ3) is 3.20. The van der Waals surface area contributed by atoms with Crippen molar-refractivity contribution in [2.24, 2.45) is 17.6 Å². The Morgan fingerprint density at radius 1 is 1.41 bits per heavy atom. The maximum Gasteiger partial charge on any atom is 0.308 e. The molecule has 3 N–H and O–H groups in total. The van der Waals surface area contributed by atoms with Crippen molar-refractivity contribution in [1.29, 1.82) is 0 Å². The number of carboxylic acids is 1. The zero-order chi connectivity index (χ0) is 13.0. The Labute approximate surface area is 101 Å². The lowest BCUT2D eigenvalue weighted by Crippen LogP contribution is -2.32. The van der Waals surface area contributed by atoms with Gasteiger partial charge in [-0.05, 0) is 23.6 Å². The van der Waals surface area contributed by atoms with Gasteiger partial charge >= 0.3 is 5.97 Å². The number of hydrogen-bond acceptors (Lipinski definition) is 3. The van der Waals surface area contributed by atoms with Crippen molar-refractivity contribution < 1.29 is 14.6 Å². The molecule has 0 saturated heterocycles. The van der Waals surface area contributed by atoms with Gasteiger partial charge in [0.2, 0.25) is 0 Å². The van der Waals surface area contributed by atoms with Crippen molar-refractivity contribution in [2.45, 2.75) is 19.9 Å². The lowest BCUT2D eigenvalue weighted by Gasteiger charge is -2.24. The van der Waals surface area contributed by atoms with Crippen LogP contribution >= 0.6 is 0 Å². The molecule has 0 heterocycles. The second-order valence-corrected chi connectivity index (χ2v) is 4.41. The van der Waals surface area contributed by atoms with Gasteiger partial charge in [-0.15, -0.1) is 0 Å². The highest BCUT2D eigenvalue weighted by Crippen LogP contribution is 2.28. The van der Waals surface area contributed by atoms with Gasteiger partial charge in [-0.2, -0.15) is 0 Å². The van der Waals surface area contributed by atoms with Gasteiger partial charge in [0, 0.05) is 6.04 Å². The minimum atomic E-state index is -0.865. The molecule has 1 aromatic rings.